The Balaban J connectivity index is 1.80. The molecule has 0 radical (unpaired) electrons. The molecule has 0 aromatic heterocycles. The fraction of sp³-hybridized carbons (Fsp3) is 0.100. The van der Waals surface area contributed by atoms with Crippen LogP contribution in [0.3, 0.4) is 0 Å². The summed E-state index contributed by atoms with van der Waals surface area (Å²) in [6, 6.07) is 21.9. The van der Waals surface area contributed by atoms with E-state index in [1.807, 2.05) is 35.6 Å². The SMILES string of the molecule is OP(O)c1cccc(-c2cc3c(cc2Cl)N(c2ccccc2)CCPS3)c1. The predicted octanol–water partition coefficient (Wildman–Crippen LogP) is 5.77. The molecule has 7 heteroatoms. The van der Waals surface area contributed by atoms with Gasteiger partial charge in [-0.05, 0) is 48.1 Å². The van der Waals surface area contributed by atoms with Gasteiger partial charge in [-0.2, -0.15) is 0 Å². The second-order valence-electron chi connectivity index (χ2n) is 6.12. The minimum atomic E-state index is -2.12. The quantitative estimate of drug-likeness (QED) is 0.515. The van der Waals surface area contributed by atoms with Gasteiger partial charge in [0.25, 0.3) is 0 Å². The molecule has 1 heterocycles. The molecular formula is C20H18ClNO2P2S. The highest BCUT2D eigenvalue weighted by Gasteiger charge is 2.20. The van der Waals surface area contributed by atoms with Gasteiger partial charge in [0.2, 0.25) is 0 Å². The molecule has 0 bridgehead atoms. The Morgan fingerprint density at radius 3 is 2.59 bits per heavy atom. The third-order valence-corrected chi connectivity index (χ3v) is 8.29. The van der Waals surface area contributed by atoms with Crippen molar-refractivity contribution in [3.8, 4) is 11.1 Å². The van der Waals surface area contributed by atoms with Crippen LogP contribution < -0.4 is 10.2 Å². The van der Waals surface area contributed by atoms with E-state index in [9.17, 15) is 9.79 Å². The number of hydrogen-bond acceptors (Lipinski definition) is 4. The van der Waals surface area contributed by atoms with Gasteiger partial charge in [0, 0.05) is 28.0 Å². The molecule has 138 valence electrons. The number of rotatable bonds is 3. The number of fused-ring (bicyclic) bond motifs is 1. The lowest BCUT2D eigenvalue weighted by Gasteiger charge is -2.25. The lowest BCUT2D eigenvalue weighted by molar-refractivity contribution is 0.497. The van der Waals surface area contributed by atoms with Gasteiger partial charge in [-0.15, -0.1) is 0 Å². The summed E-state index contributed by atoms with van der Waals surface area (Å²) in [6.45, 7) is 0.965. The summed E-state index contributed by atoms with van der Waals surface area (Å²) in [5.74, 6) is 0. The van der Waals surface area contributed by atoms with E-state index in [0.29, 0.717) is 10.3 Å². The van der Waals surface area contributed by atoms with Crippen molar-refractivity contribution in [2.75, 3.05) is 17.6 Å². The third kappa shape index (κ3) is 4.17. The third-order valence-electron chi connectivity index (χ3n) is 4.41. The molecule has 1 atom stereocenters. The molecule has 0 aliphatic carbocycles. The van der Waals surface area contributed by atoms with Gasteiger partial charge in [-0.25, -0.2) is 0 Å². The zero-order valence-electron chi connectivity index (χ0n) is 14.3. The Bertz CT molecular complexity index is 956. The van der Waals surface area contributed by atoms with E-state index in [-0.39, 0.29) is 0 Å². The van der Waals surface area contributed by atoms with Crippen molar-refractivity contribution >= 4 is 55.8 Å². The number of nitrogens with zero attached hydrogens (tertiary/aromatic N) is 1. The molecule has 1 aliphatic heterocycles. The summed E-state index contributed by atoms with van der Waals surface area (Å²) >= 11 is 8.55. The number of para-hydroxylation sites is 1. The average molecular weight is 434 g/mol. The molecule has 3 nitrogen and oxygen atoms in total. The zero-order chi connectivity index (χ0) is 18.8. The van der Waals surface area contributed by atoms with E-state index < -0.39 is 8.38 Å². The standard InChI is InChI=1S/C20H18ClNO2P2S/c21-18-13-19-20(12-17(18)14-5-4-8-16(11-14)26(23)24)27-25-10-9-22(19)15-6-2-1-3-7-15/h1-8,11-13,23-25H,9-10H2. The van der Waals surface area contributed by atoms with Crippen LogP contribution in [0, 0.1) is 0 Å². The summed E-state index contributed by atoms with van der Waals surface area (Å²) in [4.78, 5) is 22.6. The van der Waals surface area contributed by atoms with Crippen LogP contribution >= 0.6 is 39.1 Å². The van der Waals surface area contributed by atoms with Crippen LogP contribution in [-0.4, -0.2) is 22.5 Å². The van der Waals surface area contributed by atoms with Gasteiger partial charge in [0.05, 0.1) is 10.7 Å². The van der Waals surface area contributed by atoms with Crippen LogP contribution in [-0.2, 0) is 0 Å². The van der Waals surface area contributed by atoms with E-state index >= 15 is 0 Å². The Morgan fingerprint density at radius 1 is 1.00 bits per heavy atom. The van der Waals surface area contributed by atoms with Crippen molar-refractivity contribution in [2.45, 2.75) is 4.90 Å². The minimum Gasteiger partial charge on any atom is -0.347 e. The fourth-order valence-electron chi connectivity index (χ4n) is 3.14. The van der Waals surface area contributed by atoms with Crippen molar-refractivity contribution in [3.05, 3.63) is 71.8 Å². The molecular weight excluding hydrogens is 416 g/mol. The zero-order valence-corrected chi connectivity index (χ0v) is 17.8. The average Bonchev–Trinajstić information content (AvgIpc) is 2.90. The number of halogens is 1. The van der Waals surface area contributed by atoms with Gasteiger partial charge < -0.3 is 14.7 Å². The molecule has 27 heavy (non-hydrogen) atoms. The van der Waals surface area contributed by atoms with Crippen LogP contribution in [0.4, 0.5) is 11.4 Å². The summed E-state index contributed by atoms with van der Waals surface area (Å²) in [7, 11) is -1.33. The van der Waals surface area contributed by atoms with Crippen molar-refractivity contribution < 1.29 is 9.79 Å². The Kier molecular flexibility index (Phi) is 6.04. The Labute approximate surface area is 170 Å². The maximum atomic E-state index is 9.53. The summed E-state index contributed by atoms with van der Waals surface area (Å²) in [5.41, 5.74) is 4.12. The molecule has 0 saturated carbocycles. The van der Waals surface area contributed by atoms with E-state index in [4.69, 9.17) is 11.6 Å². The molecule has 0 amide bonds. The van der Waals surface area contributed by atoms with E-state index in [0.717, 1.165) is 37.3 Å². The maximum Gasteiger partial charge on any atom is 0.199 e. The van der Waals surface area contributed by atoms with Crippen LogP contribution in [0.15, 0.2) is 71.6 Å². The van der Waals surface area contributed by atoms with Gasteiger partial charge in [0.15, 0.2) is 8.38 Å². The molecule has 1 unspecified atom stereocenters. The topological polar surface area (TPSA) is 43.7 Å². The van der Waals surface area contributed by atoms with Gasteiger partial charge in [-0.3, -0.25) is 0 Å². The molecule has 0 fully saturated rings. The van der Waals surface area contributed by atoms with E-state index in [1.165, 1.54) is 10.6 Å². The molecule has 3 aromatic carbocycles. The van der Waals surface area contributed by atoms with Crippen molar-refractivity contribution in [3.63, 3.8) is 0 Å². The molecule has 1 aliphatic rings. The molecule has 0 saturated heterocycles. The normalized spacial score (nSPS) is 15.0. The predicted molar refractivity (Wildman–Crippen MR) is 120 cm³/mol. The Morgan fingerprint density at radius 2 is 1.81 bits per heavy atom. The summed E-state index contributed by atoms with van der Waals surface area (Å²) in [6.07, 6.45) is 1.12. The van der Waals surface area contributed by atoms with Crippen LogP contribution in [0.5, 0.6) is 0 Å². The molecule has 3 aromatic rings. The van der Waals surface area contributed by atoms with Crippen molar-refractivity contribution in [1.82, 2.24) is 0 Å². The first-order valence-corrected chi connectivity index (χ1v) is 12.8. The number of benzene rings is 3. The second kappa shape index (κ2) is 8.49. The second-order valence-corrected chi connectivity index (χ2v) is 10.5. The van der Waals surface area contributed by atoms with Crippen LogP contribution in [0.1, 0.15) is 0 Å². The summed E-state index contributed by atoms with van der Waals surface area (Å²) < 4.78 is 0. The fourth-order valence-corrected chi connectivity index (χ4v) is 6.44. The van der Waals surface area contributed by atoms with Crippen LogP contribution in [0.2, 0.25) is 5.02 Å². The van der Waals surface area contributed by atoms with E-state index in [2.05, 4.69) is 35.2 Å². The van der Waals surface area contributed by atoms with E-state index in [1.54, 1.807) is 12.1 Å². The smallest absolute Gasteiger partial charge is 0.199 e. The highest BCUT2D eigenvalue weighted by molar-refractivity contribution is 8.49. The van der Waals surface area contributed by atoms with Crippen LogP contribution in [0.25, 0.3) is 11.1 Å². The van der Waals surface area contributed by atoms with Gasteiger partial charge in [0.1, 0.15) is 0 Å². The number of anilines is 2. The van der Waals surface area contributed by atoms with Gasteiger partial charge >= 0.3 is 0 Å². The summed E-state index contributed by atoms with van der Waals surface area (Å²) in [5, 5.41) is 1.19. The Hall–Kier alpha value is -1.12. The maximum absolute atomic E-state index is 9.53. The lowest BCUT2D eigenvalue weighted by Crippen LogP contribution is -2.19. The molecule has 2 N–H and O–H groups in total. The minimum absolute atomic E-state index is 0.522. The van der Waals surface area contributed by atoms with Crippen molar-refractivity contribution in [2.24, 2.45) is 0 Å². The largest absolute Gasteiger partial charge is 0.347 e. The van der Waals surface area contributed by atoms with Crippen molar-refractivity contribution in [1.29, 1.82) is 0 Å². The first-order valence-electron chi connectivity index (χ1n) is 8.47. The molecule has 4 rings (SSSR count). The number of hydrogen-bond donors (Lipinski definition) is 2. The van der Waals surface area contributed by atoms with Gasteiger partial charge in [-0.1, -0.05) is 61.1 Å². The molecule has 0 spiro atoms. The monoisotopic (exact) mass is 433 g/mol. The highest BCUT2D eigenvalue weighted by atomic mass is 35.5. The lowest BCUT2D eigenvalue weighted by atomic mass is 10.0. The first-order chi connectivity index (χ1) is 13.1. The first kappa shape index (κ1) is 19.2. The highest BCUT2D eigenvalue weighted by Crippen LogP contribution is 2.49.